The third kappa shape index (κ3) is 2.75. The van der Waals surface area contributed by atoms with Crippen molar-refractivity contribution in [3.05, 3.63) is 106 Å². The molecule has 0 aromatic heterocycles. The van der Waals surface area contributed by atoms with Crippen molar-refractivity contribution in [3.8, 4) is 11.1 Å². The molecule has 0 saturated heterocycles. The van der Waals surface area contributed by atoms with Crippen molar-refractivity contribution in [1.82, 2.24) is 0 Å². The Hall–Kier alpha value is -2.12. The minimum atomic E-state index is -0.0943. The van der Waals surface area contributed by atoms with Crippen LogP contribution in [0.25, 0.3) is 11.1 Å². The molecule has 0 saturated carbocycles. The number of benzene rings is 3. The number of hydrogen-bond acceptors (Lipinski definition) is 0. The molecule has 130 valence electrons. The van der Waals surface area contributed by atoms with Crippen molar-refractivity contribution in [2.24, 2.45) is 0 Å². The first kappa shape index (κ1) is 17.3. The van der Waals surface area contributed by atoms with Crippen LogP contribution >= 0.6 is 15.9 Å². The van der Waals surface area contributed by atoms with E-state index in [1.807, 2.05) is 0 Å². The fourth-order valence-electron chi connectivity index (χ4n) is 4.36. The van der Waals surface area contributed by atoms with Gasteiger partial charge in [0.25, 0.3) is 0 Å². The van der Waals surface area contributed by atoms with Crippen molar-refractivity contribution in [3.63, 3.8) is 0 Å². The Labute approximate surface area is 164 Å². The van der Waals surface area contributed by atoms with Gasteiger partial charge in [-0.25, -0.2) is 0 Å². The predicted octanol–water partition coefficient (Wildman–Crippen LogP) is 7.51. The molecule has 3 aromatic rings. The molecule has 0 nitrogen and oxygen atoms in total. The van der Waals surface area contributed by atoms with E-state index in [9.17, 15) is 0 Å². The molecule has 4 rings (SSSR count). The summed E-state index contributed by atoms with van der Waals surface area (Å²) in [6.45, 7) is 4.37. The lowest BCUT2D eigenvalue weighted by molar-refractivity contribution is 0.578. The number of hydrogen-bond donors (Lipinski definition) is 0. The van der Waals surface area contributed by atoms with Crippen LogP contribution in [0, 0.1) is 0 Å². The smallest absolute Gasteiger partial charge is 0.0466 e. The van der Waals surface area contributed by atoms with Crippen molar-refractivity contribution in [2.75, 3.05) is 0 Å². The summed E-state index contributed by atoms with van der Waals surface area (Å²) in [7, 11) is 0. The lowest BCUT2D eigenvalue weighted by Crippen LogP contribution is -2.26. The molecule has 1 aliphatic carbocycles. The largest absolute Gasteiger partial charge is 0.0858 e. The Morgan fingerprint density at radius 2 is 1.54 bits per heavy atom. The van der Waals surface area contributed by atoms with Crippen LogP contribution in [-0.2, 0) is 5.41 Å². The Morgan fingerprint density at radius 3 is 2.31 bits per heavy atom. The highest BCUT2D eigenvalue weighted by molar-refractivity contribution is 9.10. The first-order valence-electron chi connectivity index (χ1n) is 9.22. The maximum absolute atomic E-state index is 3.71. The Balaban J connectivity index is 2.01. The lowest BCUT2D eigenvalue weighted by atomic mass is 9.69. The minimum Gasteiger partial charge on any atom is -0.0858 e. The van der Waals surface area contributed by atoms with Crippen molar-refractivity contribution in [1.29, 1.82) is 0 Å². The summed E-state index contributed by atoms with van der Waals surface area (Å²) in [5.41, 5.74) is 8.26. The van der Waals surface area contributed by atoms with E-state index < -0.39 is 0 Å². The zero-order valence-corrected chi connectivity index (χ0v) is 16.9. The second kappa shape index (κ2) is 6.89. The molecule has 1 atom stereocenters. The van der Waals surface area contributed by atoms with E-state index in [0.29, 0.717) is 0 Å². The molecule has 0 radical (unpaired) electrons. The monoisotopic (exact) mass is 402 g/mol. The van der Waals surface area contributed by atoms with E-state index >= 15 is 0 Å². The molecule has 0 spiro atoms. The van der Waals surface area contributed by atoms with E-state index in [1.165, 1.54) is 33.4 Å². The summed E-state index contributed by atoms with van der Waals surface area (Å²) in [5.74, 6) is 0. The number of rotatable bonds is 4. The van der Waals surface area contributed by atoms with Crippen molar-refractivity contribution < 1.29 is 0 Å². The summed E-state index contributed by atoms with van der Waals surface area (Å²) >= 11 is 3.71. The molecular weight excluding hydrogens is 380 g/mol. The molecular formula is C25H23Br. The molecule has 26 heavy (non-hydrogen) atoms. The summed E-state index contributed by atoms with van der Waals surface area (Å²) in [4.78, 5) is 0. The zero-order chi connectivity index (χ0) is 18.1. The predicted molar refractivity (Wildman–Crippen MR) is 115 cm³/mol. The lowest BCUT2D eigenvalue weighted by Gasteiger charge is -2.33. The Morgan fingerprint density at radius 1 is 0.846 bits per heavy atom. The van der Waals surface area contributed by atoms with Crippen molar-refractivity contribution in [2.45, 2.75) is 32.1 Å². The van der Waals surface area contributed by atoms with Crippen LogP contribution in [0.15, 0.2) is 88.9 Å². The molecule has 0 N–H and O–H groups in total. The molecule has 0 aliphatic heterocycles. The zero-order valence-electron chi connectivity index (χ0n) is 15.3. The van der Waals surface area contributed by atoms with Crippen LogP contribution in [0.1, 0.15) is 43.4 Å². The van der Waals surface area contributed by atoms with Gasteiger partial charge in [0.1, 0.15) is 0 Å². The van der Waals surface area contributed by atoms with Crippen LogP contribution in [0.5, 0.6) is 0 Å². The average Bonchev–Trinajstić information content (AvgIpc) is 2.93. The average molecular weight is 403 g/mol. The fourth-order valence-corrected chi connectivity index (χ4v) is 4.73. The van der Waals surface area contributed by atoms with Crippen LogP contribution in [0.4, 0.5) is 0 Å². The van der Waals surface area contributed by atoms with Gasteiger partial charge in [-0.15, -0.1) is 0 Å². The Bertz CT molecular complexity index is 964. The highest BCUT2D eigenvalue weighted by Gasteiger charge is 2.43. The molecule has 1 unspecified atom stereocenters. The second-order valence-corrected chi connectivity index (χ2v) is 8.24. The molecule has 1 heteroatoms. The second-order valence-electron chi connectivity index (χ2n) is 7.33. The van der Waals surface area contributed by atoms with E-state index in [4.69, 9.17) is 0 Å². The summed E-state index contributed by atoms with van der Waals surface area (Å²) in [6, 6.07) is 26.7. The van der Waals surface area contributed by atoms with Crippen LogP contribution in [0.3, 0.4) is 0 Å². The van der Waals surface area contributed by atoms with E-state index in [1.54, 1.807) is 0 Å². The highest BCUT2D eigenvalue weighted by Crippen LogP contribution is 2.55. The van der Waals surface area contributed by atoms with Gasteiger partial charge in [-0.2, -0.15) is 0 Å². The molecule has 0 fully saturated rings. The van der Waals surface area contributed by atoms with Gasteiger partial charge in [-0.05, 0) is 66.6 Å². The van der Waals surface area contributed by atoms with Gasteiger partial charge < -0.3 is 0 Å². The first-order valence-corrected chi connectivity index (χ1v) is 10.0. The van der Waals surface area contributed by atoms with Gasteiger partial charge in [0.05, 0.1) is 0 Å². The topological polar surface area (TPSA) is 0 Å². The van der Waals surface area contributed by atoms with Gasteiger partial charge in [-0.3, -0.25) is 0 Å². The molecule has 3 aromatic carbocycles. The first-order chi connectivity index (χ1) is 12.6. The van der Waals surface area contributed by atoms with Crippen LogP contribution < -0.4 is 0 Å². The number of fused-ring (bicyclic) bond motifs is 3. The molecule has 0 amide bonds. The maximum Gasteiger partial charge on any atom is 0.0466 e. The maximum atomic E-state index is 3.71. The third-order valence-corrected chi connectivity index (χ3v) is 5.95. The Kier molecular flexibility index (Phi) is 4.58. The quantitative estimate of drug-likeness (QED) is 0.396. The van der Waals surface area contributed by atoms with Crippen molar-refractivity contribution >= 4 is 15.9 Å². The van der Waals surface area contributed by atoms with Gasteiger partial charge >= 0.3 is 0 Å². The summed E-state index contributed by atoms with van der Waals surface area (Å²) in [5, 5.41) is 0. The number of allylic oxidation sites excluding steroid dienone is 2. The fraction of sp³-hybridized carbons (Fsp3) is 0.200. The number of halogens is 1. The minimum absolute atomic E-state index is 0.0943. The van der Waals surface area contributed by atoms with Gasteiger partial charge in [0.15, 0.2) is 0 Å². The van der Waals surface area contributed by atoms with E-state index in [2.05, 4.69) is 109 Å². The van der Waals surface area contributed by atoms with Gasteiger partial charge in [-0.1, -0.05) is 88.2 Å². The molecule has 1 aliphatic rings. The highest BCUT2D eigenvalue weighted by atomic mass is 79.9. The van der Waals surface area contributed by atoms with E-state index in [0.717, 1.165) is 17.3 Å². The van der Waals surface area contributed by atoms with Crippen LogP contribution in [0.2, 0.25) is 0 Å². The third-order valence-electron chi connectivity index (χ3n) is 5.46. The molecule has 0 bridgehead atoms. The van der Waals surface area contributed by atoms with Gasteiger partial charge in [0, 0.05) is 9.89 Å². The van der Waals surface area contributed by atoms with E-state index in [-0.39, 0.29) is 5.41 Å². The normalized spacial score (nSPS) is 17.5. The standard InChI is InChI=1S/C25H23Br/c1-18(2)9-8-16-25(19-10-4-3-5-11-19)23-13-7-6-12-21(23)22-15-14-20(26)17-24(22)25/h3-7,9-15,17H,8,16H2,1-2H3. The summed E-state index contributed by atoms with van der Waals surface area (Å²) in [6.07, 6.45) is 4.50. The molecule has 0 heterocycles. The van der Waals surface area contributed by atoms with Gasteiger partial charge in [0.2, 0.25) is 0 Å². The SMILES string of the molecule is CC(C)=CCCC1(c2ccccc2)c2ccccc2-c2ccc(Br)cc21. The van der Waals surface area contributed by atoms with Crippen LogP contribution in [-0.4, -0.2) is 0 Å². The summed E-state index contributed by atoms with van der Waals surface area (Å²) < 4.78 is 1.14.